The fourth-order valence-corrected chi connectivity index (χ4v) is 5.15. The highest BCUT2D eigenvalue weighted by Crippen LogP contribution is 2.36. The number of anilines is 2. The van der Waals surface area contributed by atoms with Crippen LogP contribution in [0, 0.1) is 0 Å². The average Bonchev–Trinajstić information content (AvgIpc) is 3.18. The van der Waals surface area contributed by atoms with Crippen molar-refractivity contribution in [3.8, 4) is 0 Å². The Labute approximate surface area is 216 Å². The molecule has 4 rings (SSSR count). The van der Waals surface area contributed by atoms with Gasteiger partial charge in [-0.25, -0.2) is 27.1 Å². The first-order valence-corrected chi connectivity index (χ1v) is 14.7. The summed E-state index contributed by atoms with van der Waals surface area (Å²) in [5, 5.41) is 13.5. The second-order valence-electron chi connectivity index (χ2n) is 8.78. The SMILES string of the molecule is CCCCc1ccc(C2C=C(Nc3ccc(S(N)(=O)=O)cc3)C(=O)N2c2ccc(S(N)(=O)=O)cc2)cc1. The number of hydrogen-bond donors (Lipinski definition) is 3. The van der Waals surface area contributed by atoms with E-state index in [1.165, 1.54) is 54.1 Å². The van der Waals surface area contributed by atoms with Gasteiger partial charge in [-0.15, -0.1) is 0 Å². The Hall–Kier alpha value is -3.51. The largest absolute Gasteiger partial charge is 0.351 e. The Balaban J connectivity index is 1.68. The quantitative estimate of drug-likeness (QED) is 0.378. The number of primary sulfonamides is 2. The number of carbonyl (C=O) groups excluding carboxylic acids is 1. The summed E-state index contributed by atoms with van der Waals surface area (Å²) in [6.45, 7) is 2.14. The molecule has 0 radical (unpaired) electrons. The van der Waals surface area contributed by atoms with Gasteiger partial charge in [-0.1, -0.05) is 37.6 Å². The molecule has 194 valence electrons. The summed E-state index contributed by atoms with van der Waals surface area (Å²) in [6, 6.07) is 19.2. The number of hydrogen-bond acceptors (Lipinski definition) is 6. The average molecular weight is 541 g/mol. The van der Waals surface area contributed by atoms with E-state index in [1.54, 1.807) is 11.0 Å². The molecule has 0 saturated carbocycles. The lowest BCUT2D eigenvalue weighted by atomic mass is 10.0. The lowest BCUT2D eigenvalue weighted by Gasteiger charge is -2.25. The molecule has 3 aromatic rings. The Morgan fingerprint density at radius 3 is 1.86 bits per heavy atom. The van der Waals surface area contributed by atoms with Gasteiger partial charge >= 0.3 is 0 Å². The van der Waals surface area contributed by atoms with Crippen LogP contribution in [0.3, 0.4) is 0 Å². The Kier molecular flexibility index (Phi) is 7.51. The highest BCUT2D eigenvalue weighted by Gasteiger charge is 2.35. The molecule has 0 bridgehead atoms. The number of aryl methyl sites for hydroxylation is 1. The van der Waals surface area contributed by atoms with E-state index in [0.29, 0.717) is 17.1 Å². The van der Waals surface area contributed by atoms with Gasteiger partial charge in [0, 0.05) is 11.4 Å². The molecule has 1 aliphatic rings. The molecule has 37 heavy (non-hydrogen) atoms. The molecule has 9 nitrogen and oxygen atoms in total. The van der Waals surface area contributed by atoms with E-state index in [4.69, 9.17) is 10.3 Å². The van der Waals surface area contributed by atoms with Crippen molar-refractivity contribution in [3.05, 3.63) is 95.7 Å². The van der Waals surface area contributed by atoms with Crippen molar-refractivity contribution < 1.29 is 21.6 Å². The third kappa shape index (κ3) is 6.08. The van der Waals surface area contributed by atoms with E-state index in [-0.39, 0.29) is 15.7 Å². The van der Waals surface area contributed by atoms with Crippen LogP contribution in [-0.4, -0.2) is 22.7 Å². The maximum absolute atomic E-state index is 13.5. The van der Waals surface area contributed by atoms with Gasteiger partial charge in [0.2, 0.25) is 20.0 Å². The minimum absolute atomic E-state index is 0.0395. The minimum atomic E-state index is -3.88. The number of nitrogens with one attached hydrogen (secondary N) is 1. The zero-order chi connectivity index (χ0) is 26.8. The number of nitrogens with two attached hydrogens (primary N) is 2. The van der Waals surface area contributed by atoms with E-state index < -0.39 is 26.1 Å². The molecule has 0 fully saturated rings. The maximum Gasteiger partial charge on any atom is 0.275 e. The van der Waals surface area contributed by atoms with E-state index in [2.05, 4.69) is 12.2 Å². The van der Waals surface area contributed by atoms with Crippen LogP contribution in [0.25, 0.3) is 0 Å². The van der Waals surface area contributed by atoms with Crippen molar-refractivity contribution >= 4 is 37.3 Å². The normalized spacial score (nSPS) is 16.1. The summed E-state index contributed by atoms with van der Waals surface area (Å²) in [4.78, 5) is 15.0. The second kappa shape index (κ2) is 10.5. The highest BCUT2D eigenvalue weighted by atomic mass is 32.2. The van der Waals surface area contributed by atoms with Crippen molar-refractivity contribution in [1.82, 2.24) is 0 Å². The molecule has 0 spiro atoms. The van der Waals surface area contributed by atoms with Gasteiger partial charge in [0.25, 0.3) is 5.91 Å². The fraction of sp³-hybridized carbons (Fsp3) is 0.192. The van der Waals surface area contributed by atoms with Crippen molar-refractivity contribution in [2.75, 3.05) is 10.2 Å². The van der Waals surface area contributed by atoms with Gasteiger partial charge in [0.15, 0.2) is 0 Å². The minimum Gasteiger partial charge on any atom is -0.351 e. The van der Waals surface area contributed by atoms with Crippen LogP contribution in [0.4, 0.5) is 11.4 Å². The number of sulfonamides is 2. The lowest BCUT2D eigenvalue weighted by Crippen LogP contribution is -2.30. The third-order valence-corrected chi connectivity index (χ3v) is 7.96. The molecule has 1 heterocycles. The number of amides is 1. The number of carbonyl (C=O) groups is 1. The van der Waals surface area contributed by atoms with Gasteiger partial charge in [-0.3, -0.25) is 9.69 Å². The van der Waals surface area contributed by atoms with Gasteiger partial charge in [0.05, 0.1) is 15.8 Å². The number of benzene rings is 3. The van der Waals surface area contributed by atoms with Gasteiger partial charge in [0.1, 0.15) is 5.70 Å². The van der Waals surface area contributed by atoms with E-state index in [0.717, 1.165) is 24.8 Å². The predicted octanol–water partition coefficient (Wildman–Crippen LogP) is 3.41. The summed E-state index contributed by atoms with van der Waals surface area (Å²) in [6.07, 6.45) is 4.93. The first-order valence-electron chi connectivity index (χ1n) is 11.6. The van der Waals surface area contributed by atoms with Gasteiger partial charge < -0.3 is 5.32 Å². The molecule has 0 aromatic heterocycles. The lowest BCUT2D eigenvalue weighted by molar-refractivity contribution is -0.114. The monoisotopic (exact) mass is 540 g/mol. The molecule has 0 saturated heterocycles. The predicted molar refractivity (Wildman–Crippen MR) is 143 cm³/mol. The third-order valence-electron chi connectivity index (χ3n) is 6.10. The molecule has 1 amide bonds. The van der Waals surface area contributed by atoms with E-state index in [1.807, 2.05) is 24.3 Å². The molecule has 0 aliphatic carbocycles. The molecule has 1 atom stereocenters. The Bertz CT molecular complexity index is 1530. The zero-order valence-electron chi connectivity index (χ0n) is 20.2. The Morgan fingerprint density at radius 2 is 1.35 bits per heavy atom. The molecular formula is C26H28N4O5S2. The van der Waals surface area contributed by atoms with E-state index in [9.17, 15) is 21.6 Å². The van der Waals surface area contributed by atoms with Crippen LogP contribution < -0.4 is 20.5 Å². The van der Waals surface area contributed by atoms with Crippen molar-refractivity contribution in [1.29, 1.82) is 0 Å². The zero-order valence-corrected chi connectivity index (χ0v) is 21.8. The standard InChI is InChI=1S/C26H28N4O5S2/c1-2-3-4-18-5-7-19(8-6-18)25-17-24(29-20-9-13-22(14-10-20)36(27,32)33)26(31)30(25)21-11-15-23(16-12-21)37(28,34)35/h5-17,25,29H,2-4H2,1H3,(H2,27,32,33)(H2,28,34,35). The molecular weight excluding hydrogens is 512 g/mol. The molecule has 5 N–H and O–H groups in total. The molecule has 1 unspecified atom stereocenters. The van der Waals surface area contributed by atoms with Crippen LogP contribution in [-0.2, 0) is 31.3 Å². The maximum atomic E-state index is 13.5. The summed E-state index contributed by atoms with van der Waals surface area (Å²) < 4.78 is 46.5. The van der Waals surface area contributed by atoms with Crippen LogP contribution in [0.1, 0.15) is 36.9 Å². The first-order chi connectivity index (χ1) is 17.5. The van der Waals surface area contributed by atoms with Crippen molar-refractivity contribution in [2.24, 2.45) is 10.3 Å². The molecule has 1 aliphatic heterocycles. The summed E-state index contributed by atoms with van der Waals surface area (Å²) in [7, 11) is -7.72. The summed E-state index contributed by atoms with van der Waals surface area (Å²) >= 11 is 0. The number of nitrogens with zero attached hydrogens (tertiary/aromatic N) is 1. The van der Waals surface area contributed by atoms with Crippen LogP contribution >= 0.6 is 0 Å². The smallest absolute Gasteiger partial charge is 0.275 e. The molecule has 11 heteroatoms. The topological polar surface area (TPSA) is 153 Å². The van der Waals surface area contributed by atoms with E-state index >= 15 is 0 Å². The first kappa shape index (κ1) is 26.6. The van der Waals surface area contributed by atoms with Gasteiger partial charge in [-0.05, 0) is 78.6 Å². The van der Waals surface area contributed by atoms with Crippen LogP contribution in [0.5, 0.6) is 0 Å². The summed E-state index contributed by atoms with van der Waals surface area (Å²) in [5.41, 5.74) is 3.38. The fourth-order valence-electron chi connectivity index (χ4n) is 4.12. The van der Waals surface area contributed by atoms with Crippen LogP contribution in [0.2, 0.25) is 0 Å². The van der Waals surface area contributed by atoms with Crippen molar-refractivity contribution in [3.63, 3.8) is 0 Å². The van der Waals surface area contributed by atoms with Crippen molar-refractivity contribution in [2.45, 2.75) is 42.0 Å². The number of rotatable bonds is 9. The summed E-state index contributed by atoms with van der Waals surface area (Å²) in [5.74, 6) is -0.334. The number of unbranched alkanes of at least 4 members (excludes halogenated alkanes) is 1. The second-order valence-corrected chi connectivity index (χ2v) is 11.9. The Morgan fingerprint density at radius 1 is 0.811 bits per heavy atom. The van der Waals surface area contributed by atoms with Gasteiger partial charge in [-0.2, -0.15) is 0 Å². The highest BCUT2D eigenvalue weighted by molar-refractivity contribution is 7.89. The molecule has 3 aromatic carbocycles. The van der Waals surface area contributed by atoms with Crippen LogP contribution in [0.15, 0.2) is 94.4 Å².